The van der Waals surface area contributed by atoms with Gasteiger partial charge in [-0.25, -0.2) is 9.97 Å². The zero-order chi connectivity index (χ0) is 16.5. The first-order valence-electron chi connectivity index (χ1n) is 8.02. The number of aromatic nitrogens is 5. The zero-order valence-electron chi connectivity index (χ0n) is 13.8. The fourth-order valence-electron chi connectivity index (χ4n) is 3.02. The number of hydrogen-bond donors (Lipinski definition) is 2. The van der Waals surface area contributed by atoms with Crippen molar-refractivity contribution in [2.75, 3.05) is 25.0 Å². The molecular formula is C16H20N8. The standard InChI is InChI=1S/C16H20N8/c1-23(10-12-5-8-18-22-12)15-13-9-19-24(2)16(13)21-14(20-15)11-3-6-17-7-4-11/h3-4,6-7,9,12,18,22H,5,8,10H2,1-2H3. The average molecular weight is 324 g/mol. The molecule has 0 aromatic carbocycles. The highest BCUT2D eigenvalue weighted by Gasteiger charge is 2.20. The molecule has 4 rings (SSSR count). The number of pyridine rings is 1. The van der Waals surface area contributed by atoms with E-state index >= 15 is 0 Å². The molecule has 1 fully saturated rings. The van der Waals surface area contributed by atoms with Crippen LogP contribution in [0.25, 0.3) is 22.4 Å². The van der Waals surface area contributed by atoms with Crippen LogP contribution in [-0.2, 0) is 7.05 Å². The molecule has 1 saturated heterocycles. The van der Waals surface area contributed by atoms with E-state index in [1.54, 1.807) is 17.1 Å². The molecule has 8 nitrogen and oxygen atoms in total. The molecule has 1 unspecified atom stereocenters. The Morgan fingerprint density at radius 2 is 2.12 bits per heavy atom. The van der Waals surface area contributed by atoms with E-state index in [1.165, 1.54) is 0 Å². The Hall–Kier alpha value is -2.58. The third kappa shape index (κ3) is 2.70. The van der Waals surface area contributed by atoms with Crippen LogP contribution in [0.2, 0.25) is 0 Å². The Morgan fingerprint density at radius 1 is 1.29 bits per heavy atom. The van der Waals surface area contributed by atoms with Crippen molar-refractivity contribution in [3.8, 4) is 11.4 Å². The van der Waals surface area contributed by atoms with Crippen LogP contribution in [0.15, 0.2) is 30.7 Å². The number of nitrogens with one attached hydrogen (secondary N) is 2. The maximum Gasteiger partial charge on any atom is 0.164 e. The van der Waals surface area contributed by atoms with E-state index in [1.807, 2.05) is 25.4 Å². The van der Waals surface area contributed by atoms with Crippen molar-refractivity contribution in [2.45, 2.75) is 12.5 Å². The lowest BCUT2D eigenvalue weighted by Crippen LogP contribution is -2.39. The Bertz CT molecular complexity index is 838. The number of aryl methyl sites for hydroxylation is 1. The number of hydrazine groups is 1. The molecule has 0 bridgehead atoms. The highest BCUT2D eigenvalue weighted by Crippen LogP contribution is 2.26. The Balaban J connectivity index is 1.78. The number of hydrogen-bond acceptors (Lipinski definition) is 7. The molecule has 0 aliphatic carbocycles. The Kier molecular flexibility index (Phi) is 3.83. The minimum atomic E-state index is 0.404. The summed E-state index contributed by atoms with van der Waals surface area (Å²) in [6, 6.07) is 4.24. The molecule has 4 heterocycles. The summed E-state index contributed by atoms with van der Waals surface area (Å²) in [7, 11) is 3.96. The minimum Gasteiger partial charge on any atom is -0.357 e. The Morgan fingerprint density at radius 3 is 2.88 bits per heavy atom. The lowest BCUT2D eigenvalue weighted by atomic mass is 10.2. The number of anilines is 1. The fraction of sp³-hybridized carbons (Fsp3) is 0.375. The summed E-state index contributed by atoms with van der Waals surface area (Å²) in [5.74, 6) is 1.58. The van der Waals surface area contributed by atoms with Crippen LogP contribution in [0.1, 0.15) is 6.42 Å². The topological polar surface area (TPSA) is 83.8 Å². The number of likely N-dealkylation sites (N-methyl/N-ethyl adjacent to an activating group) is 1. The second kappa shape index (κ2) is 6.14. The molecule has 0 radical (unpaired) electrons. The van der Waals surface area contributed by atoms with Crippen molar-refractivity contribution in [3.63, 3.8) is 0 Å². The minimum absolute atomic E-state index is 0.404. The van der Waals surface area contributed by atoms with Gasteiger partial charge in [0, 0.05) is 51.2 Å². The van der Waals surface area contributed by atoms with Gasteiger partial charge in [0.05, 0.1) is 11.6 Å². The van der Waals surface area contributed by atoms with Gasteiger partial charge < -0.3 is 4.90 Å². The van der Waals surface area contributed by atoms with Crippen LogP contribution in [0.3, 0.4) is 0 Å². The summed E-state index contributed by atoms with van der Waals surface area (Å²) in [5, 5.41) is 5.31. The molecule has 8 heteroatoms. The van der Waals surface area contributed by atoms with Crippen molar-refractivity contribution in [2.24, 2.45) is 7.05 Å². The predicted octanol–water partition coefficient (Wildman–Crippen LogP) is 0.728. The quantitative estimate of drug-likeness (QED) is 0.732. The van der Waals surface area contributed by atoms with E-state index in [0.29, 0.717) is 11.9 Å². The molecule has 0 saturated carbocycles. The first kappa shape index (κ1) is 15.0. The van der Waals surface area contributed by atoms with Crippen molar-refractivity contribution >= 4 is 16.9 Å². The maximum atomic E-state index is 4.81. The molecule has 2 N–H and O–H groups in total. The molecular weight excluding hydrogens is 304 g/mol. The second-order valence-electron chi connectivity index (χ2n) is 6.05. The normalized spacial score (nSPS) is 17.5. The monoisotopic (exact) mass is 324 g/mol. The molecule has 0 amide bonds. The van der Waals surface area contributed by atoms with Crippen molar-refractivity contribution in [3.05, 3.63) is 30.7 Å². The molecule has 24 heavy (non-hydrogen) atoms. The van der Waals surface area contributed by atoms with Gasteiger partial charge in [-0.1, -0.05) is 0 Å². The van der Waals surface area contributed by atoms with Gasteiger partial charge in [-0.3, -0.25) is 20.5 Å². The van der Waals surface area contributed by atoms with E-state index < -0.39 is 0 Å². The van der Waals surface area contributed by atoms with E-state index in [4.69, 9.17) is 4.98 Å². The second-order valence-corrected chi connectivity index (χ2v) is 6.05. The van der Waals surface area contributed by atoms with Crippen LogP contribution in [0.4, 0.5) is 5.82 Å². The van der Waals surface area contributed by atoms with Crippen LogP contribution in [0.5, 0.6) is 0 Å². The lowest BCUT2D eigenvalue weighted by Gasteiger charge is -2.23. The van der Waals surface area contributed by atoms with Crippen LogP contribution in [-0.4, -0.2) is 50.9 Å². The molecule has 1 aliphatic rings. The first-order chi connectivity index (χ1) is 11.7. The van der Waals surface area contributed by atoms with E-state index in [9.17, 15) is 0 Å². The van der Waals surface area contributed by atoms with E-state index in [0.717, 1.165) is 41.9 Å². The van der Waals surface area contributed by atoms with Gasteiger partial charge in [0.1, 0.15) is 5.82 Å². The largest absolute Gasteiger partial charge is 0.357 e. The van der Waals surface area contributed by atoms with Crippen molar-refractivity contribution in [1.82, 2.24) is 35.6 Å². The van der Waals surface area contributed by atoms with Crippen LogP contribution in [0, 0.1) is 0 Å². The summed E-state index contributed by atoms with van der Waals surface area (Å²) >= 11 is 0. The van der Waals surface area contributed by atoms with Crippen LogP contribution >= 0.6 is 0 Å². The Labute approximate surface area is 139 Å². The molecule has 0 spiro atoms. The lowest BCUT2D eigenvalue weighted by molar-refractivity contribution is 0.552. The summed E-state index contributed by atoms with van der Waals surface area (Å²) in [4.78, 5) is 15.7. The van der Waals surface area contributed by atoms with Crippen molar-refractivity contribution in [1.29, 1.82) is 0 Å². The van der Waals surface area contributed by atoms with Gasteiger partial charge in [-0.05, 0) is 18.6 Å². The maximum absolute atomic E-state index is 4.81. The van der Waals surface area contributed by atoms with Gasteiger partial charge in [-0.15, -0.1) is 0 Å². The van der Waals surface area contributed by atoms with Gasteiger partial charge in [0.15, 0.2) is 11.5 Å². The highest BCUT2D eigenvalue weighted by molar-refractivity contribution is 5.88. The molecule has 3 aromatic rings. The molecule has 1 atom stereocenters. The van der Waals surface area contributed by atoms with Crippen molar-refractivity contribution < 1.29 is 0 Å². The molecule has 3 aromatic heterocycles. The van der Waals surface area contributed by atoms with E-state index in [2.05, 4.69) is 37.9 Å². The number of rotatable bonds is 4. The SMILES string of the molecule is CN(CC1CCNN1)c1nc(-c2ccncc2)nc2c1cnn2C. The predicted molar refractivity (Wildman–Crippen MR) is 92.3 cm³/mol. The third-order valence-electron chi connectivity index (χ3n) is 4.29. The highest BCUT2D eigenvalue weighted by atomic mass is 15.4. The third-order valence-corrected chi connectivity index (χ3v) is 4.29. The van der Waals surface area contributed by atoms with Gasteiger partial charge in [-0.2, -0.15) is 5.10 Å². The molecule has 1 aliphatic heterocycles. The summed E-state index contributed by atoms with van der Waals surface area (Å²) < 4.78 is 1.79. The fourth-order valence-corrected chi connectivity index (χ4v) is 3.02. The summed E-state index contributed by atoms with van der Waals surface area (Å²) in [6.07, 6.45) is 6.44. The van der Waals surface area contributed by atoms with Gasteiger partial charge >= 0.3 is 0 Å². The summed E-state index contributed by atoms with van der Waals surface area (Å²) in [5.41, 5.74) is 8.24. The smallest absolute Gasteiger partial charge is 0.164 e. The van der Waals surface area contributed by atoms with Gasteiger partial charge in [0.25, 0.3) is 0 Å². The average Bonchev–Trinajstić information content (AvgIpc) is 3.25. The van der Waals surface area contributed by atoms with Crippen LogP contribution < -0.4 is 15.8 Å². The van der Waals surface area contributed by atoms with Gasteiger partial charge in [0.2, 0.25) is 0 Å². The number of nitrogens with zero attached hydrogens (tertiary/aromatic N) is 6. The zero-order valence-corrected chi connectivity index (χ0v) is 13.8. The first-order valence-corrected chi connectivity index (χ1v) is 8.02. The summed E-state index contributed by atoms with van der Waals surface area (Å²) in [6.45, 7) is 1.86. The van der Waals surface area contributed by atoms with E-state index in [-0.39, 0.29) is 0 Å². The molecule has 124 valence electrons. The number of fused-ring (bicyclic) bond motifs is 1.